The van der Waals surface area contributed by atoms with Crippen molar-refractivity contribution < 1.29 is 22.5 Å². The second-order valence-corrected chi connectivity index (χ2v) is 5.27. The fraction of sp³-hybridized carbons (Fsp3) is 0.375. The Hall–Kier alpha value is -2.31. The molecule has 0 aliphatic carbocycles. The number of aromatic nitrogens is 1. The lowest BCUT2D eigenvalue weighted by Gasteiger charge is -2.08. The molecule has 0 aliphatic rings. The van der Waals surface area contributed by atoms with Gasteiger partial charge in [-0.05, 0) is 38.0 Å². The molecule has 124 valence electrons. The van der Waals surface area contributed by atoms with E-state index in [-0.39, 0.29) is 18.9 Å². The van der Waals surface area contributed by atoms with E-state index in [2.05, 4.69) is 10.5 Å². The second kappa shape index (κ2) is 6.85. The maximum absolute atomic E-state index is 12.5. The molecule has 0 saturated carbocycles. The number of rotatable bonds is 5. The number of carbonyl (C=O) groups is 1. The molecule has 0 spiro atoms. The first-order chi connectivity index (χ1) is 10.8. The summed E-state index contributed by atoms with van der Waals surface area (Å²) >= 11 is 0. The van der Waals surface area contributed by atoms with Crippen molar-refractivity contribution in [2.45, 2.75) is 39.4 Å². The lowest BCUT2D eigenvalue weighted by atomic mass is 10.1. The van der Waals surface area contributed by atoms with Crippen LogP contribution < -0.4 is 5.32 Å². The summed E-state index contributed by atoms with van der Waals surface area (Å²) in [5.41, 5.74) is 1.59. The van der Waals surface area contributed by atoms with Gasteiger partial charge < -0.3 is 9.84 Å². The molecule has 7 heteroatoms. The number of nitrogens with zero attached hydrogens (tertiary/aromatic N) is 1. The third kappa shape index (κ3) is 4.58. The molecule has 4 nitrogen and oxygen atoms in total. The minimum atomic E-state index is -4.35. The fourth-order valence-corrected chi connectivity index (χ4v) is 2.20. The molecular weight excluding hydrogens is 309 g/mol. The Kier molecular flexibility index (Phi) is 5.08. The first-order valence-corrected chi connectivity index (χ1v) is 7.12. The smallest absolute Gasteiger partial charge is 0.361 e. The fourth-order valence-electron chi connectivity index (χ4n) is 2.20. The Morgan fingerprint density at radius 3 is 2.39 bits per heavy atom. The van der Waals surface area contributed by atoms with E-state index in [4.69, 9.17) is 4.52 Å². The van der Waals surface area contributed by atoms with Gasteiger partial charge in [0.05, 0.1) is 11.3 Å². The van der Waals surface area contributed by atoms with Crippen LogP contribution in [0.5, 0.6) is 0 Å². The van der Waals surface area contributed by atoms with Crippen LogP contribution in [-0.4, -0.2) is 11.1 Å². The molecule has 0 fully saturated rings. The van der Waals surface area contributed by atoms with Crippen molar-refractivity contribution in [3.05, 3.63) is 52.4 Å². The summed E-state index contributed by atoms with van der Waals surface area (Å²) in [6, 6.07) is 4.73. The van der Waals surface area contributed by atoms with Gasteiger partial charge in [-0.3, -0.25) is 4.79 Å². The van der Waals surface area contributed by atoms with Crippen LogP contribution in [0.15, 0.2) is 28.8 Å². The lowest BCUT2D eigenvalue weighted by molar-refractivity contribution is -0.137. The summed E-state index contributed by atoms with van der Waals surface area (Å²) in [6.45, 7) is 3.79. The SMILES string of the molecule is Cc1noc(C)c1CCC(=O)NCc1ccc(C(F)(F)F)cc1. The van der Waals surface area contributed by atoms with Crippen molar-refractivity contribution in [2.75, 3.05) is 0 Å². The van der Waals surface area contributed by atoms with Crippen molar-refractivity contribution >= 4 is 5.91 Å². The van der Waals surface area contributed by atoms with Gasteiger partial charge in [0.25, 0.3) is 0 Å². The number of amides is 1. The largest absolute Gasteiger partial charge is 0.416 e. The van der Waals surface area contributed by atoms with Gasteiger partial charge in [-0.15, -0.1) is 0 Å². The van der Waals surface area contributed by atoms with Gasteiger partial charge in [-0.25, -0.2) is 0 Å². The topological polar surface area (TPSA) is 55.1 Å². The molecule has 1 aromatic heterocycles. The van der Waals surface area contributed by atoms with E-state index in [1.165, 1.54) is 12.1 Å². The van der Waals surface area contributed by atoms with Crippen LogP contribution in [0.4, 0.5) is 13.2 Å². The highest BCUT2D eigenvalue weighted by atomic mass is 19.4. The van der Waals surface area contributed by atoms with Crippen LogP contribution in [0.3, 0.4) is 0 Å². The van der Waals surface area contributed by atoms with E-state index >= 15 is 0 Å². The number of alkyl halides is 3. The average Bonchev–Trinajstić information content (AvgIpc) is 2.81. The zero-order valence-electron chi connectivity index (χ0n) is 12.8. The predicted octanol–water partition coefficient (Wildman–Crippen LogP) is 3.56. The van der Waals surface area contributed by atoms with Gasteiger partial charge in [-0.2, -0.15) is 13.2 Å². The Morgan fingerprint density at radius 2 is 1.87 bits per heavy atom. The van der Waals surface area contributed by atoms with Gasteiger partial charge in [0.2, 0.25) is 5.91 Å². The normalized spacial score (nSPS) is 11.5. The Balaban J connectivity index is 1.83. The molecule has 2 rings (SSSR count). The monoisotopic (exact) mass is 326 g/mol. The van der Waals surface area contributed by atoms with E-state index in [9.17, 15) is 18.0 Å². The molecule has 0 radical (unpaired) electrons. The molecule has 0 atom stereocenters. The van der Waals surface area contributed by atoms with E-state index in [1.54, 1.807) is 6.92 Å². The number of halogens is 3. The molecule has 0 saturated heterocycles. The van der Waals surface area contributed by atoms with E-state index in [0.717, 1.165) is 23.4 Å². The van der Waals surface area contributed by atoms with Crippen LogP contribution in [0.1, 0.15) is 34.6 Å². The minimum absolute atomic E-state index is 0.176. The average molecular weight is 326 g/mol. The van der Waals surface area contributed by atoms with Crippen molar-refractivity contribution in [3.63, 3.8) is 0 Å². The number of hydrogen-bond acceptors (Lipinski definition) is 3. The highest BCUT2D eigenvalue weighted by Crippen LogP contribution is 2.29. The first kappa shape index (κ1) is 17.1. The second-order valence-electron chi connectivity index (χ2n) is 5.27. The maximum Gasteiger partial charge on any atom is 0.416 e. The third-order valence-corrected chi connectivity index (χ3v) is 3.55. The van der Waals surface area contributed by atoms with Crippen molar-refractivity contribution in [1.29, 1.82) is 0 Å². The quantitative estimate of drug-likeness (QED) is 0.914. The van der Waals surface area contributed by atoms with Gasteiger partial charge in [0.1, 0.15) is 5.76 Å². The zero-order valence-corrected chi connectivity index (χ0v) is 12.8. The summed E-state index contributed by atoms with van der Waals surface area (Å²) in [5.74, 6) is 0.517. The Morgan fingerprint density at radius 1 is 1.22 bits per heavy atom. The maximum atomic E-state index is 12.5. The summed E-state index contributed by atoms with van der Waals surface area (Å²) in [5, 5.41) is 6.50. The van der Waals surface area contributed by atoms with E-state index < -0.39 is 11.7 Å². The molecule has 1 heterocycles. The van der Waals surface area contributed by atoms with Crippen LogP contribution in [0.25, 0.3) is 0 Å². The minimum Gasteiger partial charge on any atom is -0.361 e. The molecule has 1 amide bonds. The lowest BCUT2D eigenvalue weighted by Crippen LogP contribution is -2.23. The highest BCUT2D eigenvalue weighted by molar-refractivity contribution is 5.76. The first-order valence-electron chi connectivity index (χ1n) is 7.12. The molecule has 1 aromatic carbocycles. The number of hydrogen-bond donors (Lipinski definition) is 1. The van der Waals surface area contributed by atoms with Crippen LogP contribution >= 0.6 is 0 Å². The van der Waals surface area contributed by atoms with Crippen LogP contribution in [0, 0.1) is 13.8 Å². The zero-order chi connectivity index (χ0) is 17.0. The van der Waals surface area contributed by atoms with Gasteiger partial charge in [0, 0.05) is 18.5 Å². The van der Waals surface area contributed by atoms with Crippen LogP contribution in [-0.2, 0) is 23.9 Å². The summed E-state index contributed by atoms with van der Waals surface area (Å²) < 4.78 is 42.4. The van der Waals surface area contributed by atoms with Gasteiger partial charge >= 0.3 is 6.18 Å². The number of nitrogens with one attached hydrogen (secondary N) is 1. The van der Waals surface area contributed by atoms with Gasteiger partial charge in [-0.1, -0.05) is 17.3 Å². The molecule has 0 bridgehead atoms. The molecule has 2 aromatic rings. The van der Waals surface area contributed by atoms with Crippen molar-refractivity contribution in [3.8, 4) is 0 Å². The highest BCUT2D eigenvalue weighted by Gasteiger charge is 2.29. The molecule has 0 aliphatic heterocycles. The Labute approximate surface area is 131 Å². The summed E-state index contributed by atoms with van der Waals surface area (Å²) in [4.78, 5) is 11.8. The number of carbonyl (C=O) groups excluding carboxylic acids is 1. The van der Waals surface area contributed by atoms with Crippen molar-refractivity contribution in [1.82, 2.24) is 10.5 Å². The summed E-state index contributed by atoms with van der Waals surface area (Å²) in [6.07, 6.45) is -3.57. The summed E-state index contributed by atoms with van der Waals surface area (Å²) in [7, 11) is 0. The molecule has 1 N–H and O–H groups in total. The Bertz CT molecular complexity index is 656. The van der Waals surface area contributed by atoms with Gasteiger partial charge in [0.15, 0.2) is 0 Å². The van der Waals surface area contributed by atoms with Crippen LogP contribution in [0.2, 0.25) is 0 Å². The van der Waals surface area contributed by atoms with Crippen molar-refractivity contribution in [2.24, 2.45) is 0 Å². The molecular formula is C16H17F3N2O2. The predicted molar refractivity (Wildman–Crippen MR) is 77.6 cm³/mol. The number of aryl methyl sites for hydroxylation is 2. The molecule has 0 unspecified atom stereocenters. The standard InChI is InChI=1S/C16H17F3N2O2/c1-10-14(11(2)23-21-10)7-8-15(22)20-9-12-3-5-13(6-4-12)16(17,18)19/h3-6H,7-9H2,1-2H3,(H,20,22). The van der Waals surface area contributed by atoms with E-state index in [1.807, 2.05) is 6.92 Å². The van der Waals surface area contributed by atoms with E-state index in [0.29, 0.717) is 17.7 Å². The third-order valence-electron chi connectivity index (χ3n) is 3.55. The number of benzene rings is 1. The molecule has 23 heavy (non-hydrogen) atoms.